The fourth-order valence-corrected chi connectivity index (χ4v) is 3.63. The lowest BCUT2D eigenvalue weighted by Gasteiger charge is -2.17. The second kappa shape index (κ2) is 8.14. The molecule has 4 rings (SSSR count). The normalized spacial score (nSPS) is 13.0. The third-order valence-electron chi connectivity index (χ3n) is 3.90. The highest BCUT2D eigenvalue weighted by molar-refractivity contribution is 7.18. The fraction of sp³-hybridized carbons (Fsp3) is 0.250. The molecule has 0 saturated heterocycles. The van der Waals surface area contributed by atoms with Crippen LogP contribution in [0.3, 0.4) is 0 Å². The van der Waals surface area contributed by atoms with E-state index in [9.17, 15) is 0 Å². The molecular weight excluding hydrogens is 330 g/mol. The Balaban J connectivity index is 0.000000569. The maximum atomic E-state index is 7.57. The number of aromatic nitrogens is 3. The average Bonchev–Trinajstić information content (AvgIpc) is 3.13. The number of hydrogen-bond acceptors (Lipinski definition) is 5. The number of nitrogens with zero attached hydrogens (tertiary/aromatic N) is 3. The number of aliphatic hydroxyl groups is 1. The molecule has 0 spiro atoms. The third kappa shape index (κ3) is 4.00. The van der Waals surface area contributed by atoms with Gasteiger partial charge in [0.2, 0.25) is 0 Å². The molecule has 0 amide bonds. The summed E-state index contributed by atoms with van der Waals surface area (Å²) in [5, 5.41) is 8.54. The van der Waals surface area contributed by atoms with E-state index in [1.807, 2.05) is 24.5 Å². The lowest BCUT2D eigenvalue weighted by atomic mass is 9.92. The standard InChI is InChI=1S/C18H15N3S.C2H6O/c1-12-4-2-5-13-7-8-15(21-17(12)13)16-11-20-18(22-16)14-6-3-9-19-10-14;1-2-3/h3,6-11H,1-2,4-5H2;3H,2H2,1H3. The van der Waals surface area contributed by atoms with Crippen LogP contribution in [0.4, 0.5) is 0 Å². The summed E-state index contributed by atoms with van der Waals surface area (Å²) in [5.74, 6) is 0. The van der Waals surface area contributed by atoms with E-state index >= 15 is 0 Å². The number of pyridine rings is 2. The van der Waals surface area contributed by atoms with E-state index in [-0.39, 0.29) is 6.61 Å². The lowest BCUT2D eigenvalue weighted by molar-refractivity contribution is 0.318. The Labute approximate surface area is 152 Å². The smallest absolute Gasteiger partial charge is 0.125 e. The molecule has 0 aromatic carbocycles. The molecule has 1 aliphatic rings. The summed E-state index contributed by atoms with van der Waals surface area (Å²) in [6, 6.07) is 8.23. The van der Waals surface area contributed by atoms with Gasteiger partial charge in [0.1, 0.15) is 5.01 Å². The van der Waals surface area contributed by atoms with Crippen molar-refractivity contribution in [1.29, 1.82) is 0 Å². The van der Waals surface area contributed by atoms with Crippen LogP contribution in [0.25, 0.3) is 26.7 Å². The number of hydrogen-bond donors (Lipinski definition) is 1. The first-order chi connectivity index (χ1) is 12.2. The van der Waals surface area contributed by atoms with Gasteiger partial charge in [0.15, 0.2) is 0 Å². The first kappa shape index (κ1) is 17.5. The highest BCUT2D eigenvalue weighted by Crippen LogP contribution is 2.34. The lowest BCUT2D eigenvalue weighted by Crippen LogP contribution is -2.04. The second-order valence-corrected chi connectivity index (χ2v) is 6.78. The fourth-order valence-electron chi connectivity index (χ4n) is 2.76. The van der Waals surface area contributed by atoms with Crippen molar-refractivity contribution in [2.24, 2.45) is 0 Å². The first-order valence-electron chi connectivity index (χ1n) is 8.38. The van der Waals surface area contributed by atoms with Crippen molar-refractivity contribution in [2.75, 3.05) is 6.61 Å². The van der Waals surface area contributed by atoms with Crippen molar-refractivity contribution in [2.45, 2.75) is 26.2 Å². The summed E-state index contributed by atoms with van der Waals surface area (Å²) in [6.45, 7) is 6.09. The molecule has 25 heavy (non-hydrogen) atoms. The Morgan fingerprint density at radius 1 is 1.20 bits per heavy atom. The molecule has 128 valence electrons. The van der Waals surface area contributed by atoms with Crippen molar-refractivity contribution in [3.63, 3.8) is 0 Å². The van der Waals surface area contributed by atoms with Gasteiger partial charge in [-0.05, 0) is 55.5 Å². The monoisotopic (exact) mass is 351 g/mol. The van der Waals surface area contributed by atoms with Crippen LogP contribution < -0.4 is 0 Å². The Bertz CT molecular complexity index is 858. The van der Waals surface area contributed by atoms with E-state index in [0.29, 0.717) is 0 Å². The van der Waals surface area contributed by atoms with Gasteiger partial charge in [0.25, 0.3) is 0 Å². The van der Waals surface area contributed by atoms with Crippen LogP contribution in [0.1, 0.15) is 31.0 Å². The molecule has 3 aromatic heterocycles. The molecule has 3 aromatic rings. The second-order valence-electron chi connectivity index (χ2n) is 5.75. The average molecular weight is 351 g/mol. The number of allylic oxidation sites excluding steroid dienone is 1. The minimum absolute atomic E-state index is 0.250. The molecular formula is C20H21N3OS. The Kier molecular flexibility index (Phi) is 5.68. The molecule has 0 bridgehead atoms. The van der Waals surface area contributed by atoms with Crippen LogP contribution in [0.15, 0.2) is 49.4 Å². The number of fused-ring (bicyclic) bond motifs is 1. The zero-order valence-corrected chi connectivity index (χ0v) is 15.1. The van der Waals surface area contributed by atoms with Crippen molar-refractivity contribution >= 4 is 16.9 Å². The number of aliphatic hydroxyl groups excluding tert-OH is 1. The van der Waals surface area contributed by atoms with Gasteiger partial charge in [-0.2, -0.15) is 0 Å². The van der Waals surface area contributed by atoms with Crippen molar-refractivity contribution in [1.82, 2.24) is 15.0 Å². The third-order valence-corrected chi connectivity index (χ3v) is 4.97. The Morgan fingerprint density at radius 3 is 2.80 bits per heavy atom. The largest absolute Gasteiger partial charge is 0.397 e. The zero-order chi connectivity index (χ0) is 17.6. The maximum absolute atomic E-state index is 7.57. The molecule has 0 unspecified atom stereocenters. The maximum Gasteiger partial charge on any atom is 0.125 e. The molecule has 0 saturated carbocycles. The van der Waals surface area contributed by atoms with Crippen molar-refractivity contribution in [3.8, 4) is 21.1 Å². The topological polar surface area (TPSA) is 58.9 Å². The van der Waals surface area contributed by atoms with Gasteiger partial charge >= 0.3 is 0 Å². The highest BCUT2D eigenvalue weighted by atomic mass is 32.1. The molecule has 0 radical (unpaired) electrons. The quantitative estimate of drug-likeness (QED) is 0.732. The summed E-state index contributed by atoms with van der Waals surface area (Å²) in [6.07, 6.45) is 8.84. The van der Waals surface area contributed by atoms with E-state index in [0.717, 1.165) is 45.3 Å². The predicted molar refractivity (Wildman–Crippen MR) is 103 cm³/mol. The van der Waals surface area contributed by atoms with Crippen LogP contribution in [0.5, 0.6) is 0 Å². The number of thiazole rings is 1. The summed E-state index contributed by atoms with van der Waals surface area (Å²) >= 11 is 1.65. The van der Waals surface area contributed by atoms with Crippen molar-refractivity contribution < 1.29 is 5.11 Å². The van der Waals surface area contributed by atoms with E-state index in [2.05, 4.69) is 28.7 Å². The summed E-state index contributed by atoms with van der Waals surface area (Å²) in [7, 11) is 0. The Morgan fingerprint density at radius 2 is 2.04 bits per heavy atom. The SMILES string of the molecule is C=C1CCCc2ccc(-c3cnc(-c4cccnc4)s3)nc21.CCO. The van der Waals surface area contributed by atoms with Crippen LogP contribution in [-0.4, -0.2) is 26.7 Å². The van der Waals surface area contributed by atoms with Gasteiger partial charge in [-0.25, -0.2) is 9.97 Å². The van der Waals surface area contributed by atoms with Crippen LogP contribution in [-0.2, 0) is 6.42 Å². The van der Waals surface area contributed by atoms with Gasteiger partial charge in [-0.15, -0.1) is 11.3 Å². The van der Waals surface area contributed by atoms with Gasteiger partial charge in [0, 0.05) is 30.8 Å². The summed E-state index contributed by atoms with van der Waals surface area (Å²) in [4.78, 5) is 14.6. The van der Waals surface area contributed by atoms with Gasteiger partial charge < -0.3 is 5.11 Å². The molecule has 1 aliphatic carbocycles. The molecule has 0 atom stereocenters. The molecule has 1 N–H and O–H groups in total. The first-order valence-corrected chi connectivity index (χ1v) is 9.20. The minimum atomic E-state index is 0.250. The number of rotatable bonds is 2. The van der Waals surface area contributed by atoms with Gasteiger partial charge in [-0.3, -0.25) is 4.98 Å². The molecule has 0 aliphatic heterocycles. The highest BCUT2D eigenvalue weighted by Gasteiger charge is 2.16. The van der Waals surface area contributed by atoms with Gasteiger partial charge in [-0.1, -0.05) is 12.6 Å². The predicted octanol–water partition coefficient (Wildman–Crippen LogP) is 4.62. The zero-order valence-electron chi connectivity index (χ0n) is 14.3. The van der Waals surface area contributed by atoms with E-state index in [1.165, 1.54) is 12.0 Å². The number of aryl methyl sites for hydroxylation is 1. The Hall–Kier alpha value is -2.37. The minimum Gasteiger partial charge on any atom is -0.397 e. The van der Waals surface area contributed by atoms with Crippen LogP contribution in [0, 0.1) is 0 Å². The molecule has 0 fully saturated rings. The molecule has 5 heteroatoms. The van der Waals surface area contributed by atoms with Crippen LogP contribution in [0.2, 0.25) is 0 Å². The molecule has 3 heterocycles. The van der Waals surface area contributed by atoms with Crippen molar-refractivity contribution in [3.05, 3.63) is 60.7 Å². The summed E-state index contributed by atoms with van der Waals surface area (Å²) < 4.78 is 0. The van der Waals surface area contributed by atoms with Gasteiger partial charge in [0.05, 0.1) is 16.3 Å². The summed E-state index contributed by atoms with van der Waals surface area (Å²) in [5.41, 5.74) is 5.58. The van der Waals surface area contributed by atoms with Crippen LogP contribution >= 0.6 is 11.3 Å². The van der Waals surface area contributed by atoms with E-state index in [1.54, 1.807) is 24.5 Å². The van der Waals surface area contributed by atoms with E-state index in [4.69, 9.17) is 10.1 Å². The molecule has 4 nitrogen and oxygen atoms in total. The van der Waals surface area contributed by atoms with E-state index < -0.39 is 0 Å².